The minimum Gasteiger partial charge on any atom is -0.309 e. The molecule has 0 radical (unpaired) electrons. The van der Waals surface area contributed by atoms with Crippen molar-refractivity contribution in [3.05, 3.63) is 261 Å². The Hall–Kier alpha value is -9.71. The lowest BCUT2D eigenvalue weighted by Crippen LogP contribution is -2.02. The van der Waals surface area contributed by atoms with Crippen molar-refractivity contribution in [2.45, 2.75) is 0 Å². The third kappa shape index (κ3) is 6.98. The fourth-order valence-electron chi connectivity index (χ4n) is 10.8. The van der Waals surface area contributed by atoms with Crippen molar-refractivity contribution in [1.29, 1.82) is 0 Å². The fourth-order valence-corrected chi connectivity index (χ4v) is 10.8. The molecule has 14 rings (SSSR count). The lowest BCUT2D eigenvalue weighted by Gasteiger charge is -2.16. The minimum absolute atomic E-state index is 0.610. The molecule has 0 unspecified atom stereocenters. The van der Waals surface area contributed by atoms with E-state index in [1.165, 1.54) is 43.7 Å². The van der Waals surface area contributed by atoms with Gasteiger partial charge in [0, 0.05) is 49.4 Å². The van der Waals surface area contributed by atoms with E-state index in [4.69, 9.17) is 15.0 Å². The Morgan fingerprint density at radius 3 is 0.986 bits per heavy atom. The summed E-state index contributed by atoms with van der Waals surface area (Å²) in [5.74, 6) is 1.85. The Morgan fingerprint density at radius 1 is 0.222 bits per heavy atom. The van der Waals surface area contributed by atoms with Crippen molar-refractivity contribution in [1.82, 2.24) is 24.1 Å². The second kappa shape index (κ2) is 17.1. The van der Waals surface area contributed by atoms with Crippen molar-refractivity contribution in [3.8, 4) is 78.9 Å². The lowest BCUT2D eigenvalue weighted by atomic mass is 9.95. The number of fused-ring (bicyclic) bond motifs is 7. The summed E-state index contributed by atoms with van der Waals surface area (Å²) < 4.78 is 4.80. The smallest absolute Gasteiger partial charge is 0.164 e. The summed E-state index contributed by atoms with van der Waals surface area (Å²) in [5, 5.41) is 7.18. The van der Waals surface area contributed by atoms with Crippen LogP contribution in [0.1, 0.15) is 0 Å². The van der Waals surface area contributed by atoms with E-state index in [9.17, 15) is 0 Å². The van der Waals surface area contributed by atoms with Gasteiger partial charge in [-0.05, 0) is 99.8 Å². The maximum absolute atomic E-state index is 5.27. The van der Waals surface area contributed by atoms with Crippen LogP contribution in [0.4, 0.5) is 0 Å². The quantitative estimate of drug-likeness (QED) is 0.153. The maximum atomic E-state index is 5.27. The van der Waals surface area contributed by atoms with E-state index in [1.807, 2.05) is 18.2 Å². The molecular formula is C67H43N5. The summed E-state index contributed by atoms with van der Waals surface area (Å²) in [6.07, 6.45) is 0. The molecule has 14 aromatic rings. The first-order chi connectivity index (χ1) is 35.7. The number of benzene rings is 11. The first kappa shape index (κ1) is 41.3. The average Bonchev–Trinajstić information content (AvgIpc) is 3.98. The molecule has 0 aliphatic heterocycles. The van der Waals surface area contributed by atoms with E-state index in [2.05, 4.69) is 252 Å². The molecule has 0 saturated carbocycles. The topological polar surface area (TPSA) is 48.5 Å². The van der Waals surface area contributed by atoms with Gasteiger partial charge in [0.05, 0.1) is 33.4 Å². The Kier molecular flexibility index (Phi) is 9.78. The number of aromatic nitrogens is 5. The molecule has 0 N–H and O–H groups in total. The van der Waals surface area contributed by atoms with E-state index in [-0.39, 0.29) is 0 Å². The fraction of sp³-hybridized carbons (Fsp3) is 0. The molecule has 0 spiro atoms. The van der Waals surface area contributed by atoms with Crippen LogP contribution in [0, 0.1) is 0 Å². The molecule has 0 aliphatic rings. The van der Waals surface area contributed by atoms with E-state index in [1.54, 1.807) is 0 Å². The van der Waals surface area contributed by atoms with Crippen LogP contribution in [0.25, 0.3) is 133 Å². The number of rotatable bonds is 8. The van der Waals surface area contributed by atoms with Gasteiger partial charge in [0.25, 0.3) is 0 Å². The summed E-state index contributed by atoms with van der Waals surface area (Å²) in [7, 11) is 0. The van der Waals surface area contributed by atoms with Crippen molar-refractivity contribution in [2.24, 2.45) is 0 Å². The predicted molar refractivity (Wildman–Crippen MR) is 299 cm³/mol. The van der Waals surface area contributed by atoms with Crippen LogP contribution in [0.2, 0.25) is 0 Å². The molecule has 72 heavy (non-hydrogen) atoms. The molecule has 0 atom stereocenters. The van der Waals surface area contributed by atoms with Crippen molar-refractivity contribution in [2.75, 3.05) is 0 Å². The summed E-state index contributed by atoms with van der Waals surface area (Å²) in [5.41, 5.74) is 16.5. The normalized spacial score (nSPS) is 11.6. The van der Waals surface area contributed by atoms with Crippen LogP contribution < -0.4 is 0 Å². The first-order valence-electron chi connectivity index (χ1n) is 24.4. The number of nitrogens with zero attached hydrogens (tertiary/aromatic N) is 5. The summed E-state index contributed by atoms with van der Waals surface area (Å²) in [6, 6.07) is 93.0. The second-order valence-corrected chi connectivity index (χ2v) is 18.4. The zero-order valence-electron chi connectivity index (χ0n) is 39.1. The van der Waals surface area contributed by atoms with Crippen LogP contribution in [-0.2, 0) is 0 Å². The average molecular weight is 918 g/mol. The maximum Gasteiger partial charge on any atom is 0.164 e. The summed E-state index contributed by atoms with van der Waals surface area (Å²) in [6.45, 7) is 0. The third-order valence-corrected chi connectivity index (χ3v) is 14.2. The summed E-state index contributed by atoms with van der Waals surface area (Å²) in [4.78, 5) is 15.6. The van der Waals surface area contributed by atoms with Gasteiger partial charge in [0.1, 0.15) is 0 Å². The first-order valence-corrected chi connectivity index (χ1v) is 24.4. The largest absolute Gasteiger partial charge is 0.309 e. The van der Waals surface area contributed by atoms with Gasteiger partial charge >= 0.3 is 0 Å². The minimum atomic E-state index is 0.610. The van der Waals surface area contributed by atoms with Crippen LogP contribution in [0.5, 0.6) is 0 Å². The van der Waals surface area contributed by atoms with Gasteiger partial charge in [0.2, 0.25) is 0 Å². The zero-order chi connectivity index (χ0) is 47.5. The van der Waals surface area contributed by atoms with Crippen molar-refractivity contribution >= 4 is 54.4 Å². The Morgan fingerprint density at radius 2 is 0.528 bits per heavy atom. The zero-order valence-corrected chi connectivity index (χ0v) is 39.1. The highest BCUT2D eigenvalue weighted by Gasteiger charge is 2.20. The Labute approximate surface area is 416 Å². The molecule has 0 bridgehead atoms. The van der Waals surface area contributed by atoms with Crippen LogP contribution in [-0.4, -0.2) is 24.1 Å². The van der Waals surface area contributed by atoms with Gasteiger partial charge in [-0.1, -0.05) is 194 Å². The summed E-state index contributed by atoms with van der Waals surface area (Å²) >= 11 is 0. The van der Waals surface area contributed by atoms with E-state index in [0.717, 1.165) is 72.1 Å². The monoisotopic (exact) mass is 917 g/mol. The molecule has 336 valence electrons. The van der Waals surface area contributed by atoms with Gasteiger partial charge in [0.15, 0.2) is 17.5 Å². The van der Waals surface area contributed by atoms with Gasteiger partial charge in [-0.2, -0.15) is 0 Å². The number of hydrogen-bond acceptors (Lipinski definition) is 3. The lowest BCUT2D eigenvalue weighted by molar-refractivity contribution is 1.07. The number of para-hydroxylation sites is 4. The van der Waals surface area contributed by atoms with Gasteiger partial charge < -0.3 is 9.13 Å². The molecule has 0 aliphatic carbocycles. The molecule has 0 saturated heterocycles. The highest BCUT2D eigenvalue weighted by atomic mass is 15.0. The Bertz CT molecular complexity index is 4270. The van der Waals surface area contributed by atoms with Crippen LogP contribution in [0.15, 0.2) is 261 Å². The van der Waals surface area contributed by atoms with E-state index < -0.39 is 0 Å². The van der Waals surface area contributed by atoms with Crippen LogP contribution >= 0.6 is 0 Å². The van der Waals surface area contributed by atoms with Crippen molar-refractivity contribution in [3.63, 3.8) is 0 Å². The van der Waals surface area contributed by atoms with E-state index >= 15 is 0 Å². The molecule has 0 amide bonds. The highest BCUT2D eigenvalue weighted by molar-refractivity contribution is 6.11. The molecular weight excluding hydrogens is 875 g/mol. The Balaban J connectivity index is 0.877. The molecule has 5 heteroatoms. The van der Waals surface area contributed by atoms with Gasteiger partial charge in [-0.25, -0.2) is 15.0 Å². The SMILES string of the molecule is c1ccc(-c2nc(-c3ccc(-n4c5ccccc5c5ccccc54)c(-c4ccccc4)c3)nc(-c3ccc4cc(-c5ccc(-n6c7ccccc7c7ccccc76)c(-c6ccccc6)c5)ccc4c3)n2)cc1. The second-order valence-electron chi connectivity index (χ2n) is 18.4. The predicted octanol–water partition coefficient (Wildman–Crippen LogP) is 17.2. The van der Waals surface area contributed by atoms with Crippen molar-refractivity contribution < 1.29 is 0 Å². The van der Waals surface area contributed by atoms with E-state index in [0.29, 0.717) is 17.5 Å². The molecule has 3 heterocycles. The molecule has 3 aromatic heterocycles. The van der Waals surface area contributed by atoms with Crippen LogP contribution in [0.3, 0.4) is 0 Å². The molecule has 0 fully saturated rings. The molecule has 11 aromatic carbocycles. The highest BCUT2D eigenvalue weighted by Crippen LogP contribution is 2.41. The standard InChI is InChI=1S/C67H43N5/c1-4-18-44(19-5-1)57-42-50(36-38-63(57)71-59-28-14-10-24-53(59)54-25-11-15-29-60(54)71)48-32-33-49-41-51(35-34-47(49)40-48)66-68-65(46-22-8-3-9-23-46)69-67(70-66)52-37-39-64(58(43-52)45-20-6-2-7-21-45)72-61-30-16-12-26-55(61)56-27-13-17-31-62(56)72/h1-43H. The third-order valence-electron chi connectivity index (χ3n) is 14.2. The van der Waals surface area contributed by atoms with Gasteiger partial charge in [-0.15, -0.1) is 0 Å². The molecule has 5 nitrogen and oxygen atoms in total. The number of hydrogen-bond donors (Lipinski definition) is 0. The van der Waals surface area contributed by atoms with Gasteiger partial charge in [-0.3, -0.25) is 0 Å².